The molecule has 1 aromatic carbocycles. The van der Waals surface area contributed by atoms with Crippen LogP contribution >= 0.6 is 0 Å². The molecule has 1 fully saturated rings. The van der Waals surface area contributed by atoms with Crippen LogP contribution in [0.25, 0.3) is 10.9 Å². The Morgan fingerprint density at radius 3 is 2.76 bits per heavy atom. The SMILES string of the molecule is CNc1nc(OCCN2CCCCC2)c2ccccc2n1. The topological polar surface area (TPSA) is 50.3 Å². The summed E-state index contributed by atoms with van der Waals surface area (Å²) in [4.78, 5) is 11.3. The van der Waals surface area contributed by atoms with E-state index in [1.165, 1.54) is 32.4 Å². The summed E-state index contributed by atoms with van der Waals surface area (Å²) in [5, 5.41) is 3.95. The zero-order valence-electron chi connectivity index (χ0n) is 12.5. The van der Waals surface area contributed by atoms with Gasteiger partial charge in [-0.3, -0.25) is 4.90 Å². The molecule has 1 N–H and O–H groups in total. The summed E-state index contributed by atoms with van der Waals surface area (Å²) in [5.41, 5.74) is 0.907. The number of nitrogens with zero attached hydrogens (tertiary/aromatic N) is 3. The highest BCUT2D eigenvalue weighted by Gasteiger charge is 2.11. The number of fused-ring (bicyclic) bond motifs is 1. The van der Waals surface area contributed by atoms with Crippen LogP contribution in [0.2, 0.25) is 0 Å². The molecule has 2 aromatic rings. The highest BCUT2D eigenvalue weighted by Crippen LogP contribution is 2.23. The highest BCUT2D eigenvalue weighted by atomic mass is 16.5. The van der Waals surface area contributed by atoms with Crippen LogP contribution in [-0.2, 0) is 0 Å². The van der Waals surface area contributed by atoms with Crippen molar-refractivity contribution < 1.29 is 4.74 Å². The lowest BCUT2D eigenvalue weighted by atomic mass is 10.1. The zero-order chi connectivity index (χ0) is 14.5. The summed E-state index contributed by atoms with van der Waals surface area (Å²) in [5.74, 6) is 1.27. The van der Waals surface area contributed by atoms with Gasteiger partial charge in [-0.2, -0.15) is 4.98 Å². The van der Waals surface area contributed by atoms with Crippen molar-refractivity contribution in [2.24, 2.45) is 0 Å². The predicted octanol–water partition coefficient (Wildman–Crippen LogP) is 2.54. The fraction of sp³-hybridized carbons (Fsp3) is 0.500. The van der Waals surface area contributed by atoms with Gasteiger partial charge in [-0.1, -0.05) is 18.6 Å². The number of ether oxygens (including phenoxy) is 1. The van der Waals surface area contributed by atoms with Crippen molar-refractivity contribution in [1.82, 2.24) is 14.9 Å². The number of aromatic nitrogens is 2. The Kier molecular flexibility index (Phi) is 4.50. The summed E-state index contributed by atoms with van der Waals surface area (Å²) >= 11 is 0. The fourth-order valence-corrected chi connectivity index (χ4v) is 2.72. The number of hydrogen-bond acceptors (Lipinski definition) is 5. The highest BCUT2D eigenvalue weighted by molar-refractivity contribution is 5.84. The van der Waals surface area contributed by atoms with Crippen molar-refractivity contribution >= 4 is 16.9 Å². The van der Waals surface area contributed by atoms with E-state index in [9.17, 15) is 0 Å². The normalized spacial score (nSPS) is 16.0. The molecule has 0 radical (unpaired) electrons. The van der Waals surface area contributed by atoms with E-state index in [0.717, 1.165) is 17.4 Å². The van der Waals surface area contributed by atoms with Gasteiger partial charge in [-0.05, 0) is 38.1 Å². The first kappa shape index (κ1) is 14.1. The molecule has 3 rings (SSSR count). The molecule has 0 spiro atoms. The Balaban J connectivity index is 1.70. The Morgan fingerprint density at radius 1 is 1.14 bits per heavy atom. The molecule has 0 aliphatic carbocycles. The van der Waals surface area contributed by atoms with Crippen LogP contribution < -0.4 is 10.1 Å². The van der Waals surface area contributed by atoms with Crippen LogP contribution in [0.1, 0.15) is 19.3 Å². The molecule has 5 nitrogen and oxygen atoms in total. The van der Waals surface area contributed by atoms with E-state index < -0.39 is 0 Å². The Hall–Kier alpha value is -1.88. The van der Waals surface area contributed by atoms with E-state index in [4.69, 9.17) is 4.74 Å². The maximum absolute atomic E-state index is 5.93. The number of rotatable bonds is 5. The van der Waals surface area contributed by atoms with E-state index in [2.05, 4.69) is 20.2 Å². The Bertz CT molecular complexity index is 596. The van der Waals surface area contributed by atoms with Crippen molar-refractivity contribution in [1.29, 1.82) is 0 Å². The van der Waals surface area contributed by atoms with Gasteiger partial charge in [0.05, 0.1) is 10.9 Å². The lowest BCUT2D eigenvalue weighted by molar-refractivity contribution is 0.181. The first-order valence-corrected chi connectivity index (χ1v) is 7.66. The summed E-state index contributed by atoms with van der Waals surface area (Å²) in [6.45, 7) is 4.02. The zero-order valence-corrected chi connectivity index (χ0v) is 12.5. The van der Waals surface area contributed by atoms with Crippen LogP contribution in [-0.4, -0.2) is 48.2 Å². The van der Waals surface area contributed by atoms with Gasteiger partial charge in [-0.25, -0.2) is 4.98 Å². The monoisotopic (exact) mass is 286 g/mol. The van der Waals surface area contributed by atoms with Gasteiger partial charge in [0.25, 0.3) is 0 Å². The quantitative estimate of drug-likeness (QED) is 0.915. The van der Waals surface area contributed by atoms with E-state index in [1.54, 1.807) is 0 Å². The average molecular weight is 286 g/mol. The third-order valence-electron chi connectivity index (χ3n) is 3.89. The maximum Gasteiger partial charge on any atom is 0.226 e. The number of hydrogen-bond donors (Lipinski definition) is 1. The van der Waals surface area contributed by atoms with E-state index in [-0.39, 0.29) is 0 Å². The third-order valence-corrected chi connectivity index (χ3v) is 3.89. The first-order chi connectivity index (χ1) is 10.4. The fourth-order valence-electron chi connectivity index (χ4n) is 2.72. The number of para-hydroxylation sites is 1. The molecule has 2 heterocycles. The van der Waals surface area contributed by atoms with Gasteiger partial charge >= 0.3 is 0 Å². The van der Waals surface area contributed by atoms with Crippen LogP contribution in [0.4, 0.5) is 5.95 Å². The van der Waals surface area contributed by atoms with Crippen molar-refractivity contribution in [3.05, 3.63) is 24.3 Å². The minimum Gasteiger partial charge on any atom is -0.476 e. The summed E-state index contributed by atoms with van der Waals surface area (Å²) < 4.78 is 5.93. The van der Waals surface area contributed by atoms with Gasteiger partial charge in [0, 0.05) is 13.6 Å². The maximum atomic E-state index is 5.93. The smallest absolute Gasteiger partial charge is 0.226 e. The van der Waals surface area contributed by atoms with Gasteiger partial charge in [-0.15, -0.1) is 0 Å². The minimum atomic E-state index is 0.599. The van der Waals surface area contributed by atoms with Crippen LogP contribution in [0, 0.1) is 0 Å². The van der Waals surface area contributed by atoms with Crippen LogP contribution in [0.15, 0.2) is 24.3 Å². The molecule has 0 saturated carbocycles. The van der Waals surface area contributed by atoms with Gasteiger partial charge < -0.3 is 10.1 Å². The van der Waals surface area contributed by atoms with Crippen molar-refractivity contribution in [2.75, 3.05) is 38.6 Å². The van der Waals surface area contributed by atoms with E-state index in [1.807, 2.05) is 31.3 Å². The molecule has 0 bridgehead atoms. The summed E-state index contributed by atoms with van der Waals surface area (Å²) in [6.07, 6.45) is 3.97. The van der Waals surface area contributed by atoms with Crippen LogP contribution in [0.5, 0.6) is 5.88 Å². The van der Waals surface area contributed by atoms with Gasteiger partial charge in [0.15, 0.2) is 0 Å². The van der Waals surface area contributed by atoms with E-state index in [0.29, 0.717) is 18.4 Å². The molecule has 112 valence electrons. The Morgan fingerprint density at radius 2 is 1.95 bits per heavy atom. The first-order valence-electron chi connectivity index (χ1n) is 7.66. The number of benzene rings is 1. The second-order valence-electron chi connectivity index (χ2n) is 5.37. The van der Waals surface area contributed by atoms with Gasteiger partial charge in [0.1, 0.15) is 6.61 Å². The molecule has 1 saturated heterocycles. The molecule has 21 heavy (non-hydrogen) atoms. The molecule has 1 aliphatic rings. The molecule has 1 aliphatic heterocycles. The molecule has 0 atom stereocenters. The lowest BCUT2D eigenvalue weighted by Gasteiger charge is -2.26. The Labute approximate surface area is 125 Å². The number of likely N-dealkylation sites (tertiary alicyclic amines) is 1. The standard InChI is InChI=1S/C16H22N4O/c1-17-16-18-14-8-4-3-7-13(14)15(19-16)21-12-11-20-9-5-2-6-10-20/h3-4,7-8H,2,5-6,9-12H2,1H3,(H,17,18,19). The largest absolute Gasteiger partial charge is 0.476 e. The molecule has 5 heteroatoms. The second kappa shape index (κ2) is 6.72. The predicted molar refractivity (Wildman–Crippen MR) is 84.9 cm³/mol. The lowest BCUT2D eigenvalue weighted by Crippen LogP contribution is -2.33. The second-order valence-corrected chi connectivity index (χ2v) is 5.37. The van der Waals surface area contributed by atoms with Crippen LogP contribution in [0.3, 0.4) is 0 Å². The summed E-state index contributed by atoms with van der Waals surface area (Å²) in [7, 11) is 1.82. The summed E-state index contributed by atoms with van der Waals surface area (Å²) in [6, 6.07) is 7.95. The molecule has 0 unspecified atom stereocenters. The van der Waals surface area contributed by atoms with Crippen molar-refractivity contribution in [2.45, 2.75) is 19.3 Å². The number of anilines is 1. The van der Waals surface area contributed by atoms with Crippen molar-refractivity contribution in [3.8, 4) is 5.88 Å². The minimum absolute atomic E-state index is 0.599. The molecule has 1 aromatic heterocycles. The van der Waals surface area contributed by atoms with E-state index >= 15 is 0 Å². The average Bonchev–Trinajstić information content (AvgIpc) is 2.55. The number of nitrogens with one attached hydrogen (secondary N) is 1. The number of piperidine rings is 1. The molecular weight excluding hydrogens is 264 g/mol. The molecular formula is C16H22N4O. The molecule has 0 amide bonds. The van der Waals surface area contributed by atoms with Gasteiger partial charge in [0.2, 0.25) is 11.8 Å². The third kappa shape index (κ3) is 3.42. The van der Waals surface area contributed by atoms with Crippen molar-refractivity contribution in [3.63, 3.8) is 0 Å².